The number of alkyl halides is 3. The van der Waals surface area contributed by atoms with E-state index in [1.54, 1.807) is 14.0 Å². The second-order valence-electron chi connectivity index (χ2n) is 6.86. The Kier molecular flexibility index (Phi) is 7.13. The number of nitrogens with zero attached hydrogens (tertiary/aromatic N) is 3. The van der Waals surface area contributed by atoms with Gasteiger partial charge in [0, 0.05) is 38.2 Å². The van der Waals surface area contributed by atoms with Crippen molar-refractivity contribution < 1.29 is 31.1 Å². The highest BCUT2D eigenvalue weighted by Crippen LogP contribution is 2.29. The van der Waals surface area contributed by atoms with Gasteiger partial charge in [0.05, 0.1) is 17.4 Å². The van der Waals surface area contributed by atoms with Crippen molar-refractivity contribution in [3.8, 4) is 11.8 Å². The molecule has 29 heavy (non-hydrogen) atoms. The quantitative estimate of drug-likeness (QED) is 0.688. The van der Waals surface area contributed by atoms with Crippen molar-refractivity contribution in [3.05, 3.63) is 24.3 Å². The lowest BCUT2D eigenvalue weighted by atomic mass is 9.96. The lowest BCUT2D eigenvalue weighted by molar-refractivity contribution is -0.274. The fourth-order valence-electron chi connectivity index (χ4n) is 3.10. The van der Waals surface area contributed by atoms with Crippen LogP contribution in [0.25, 0.3) is 0 Å². The molecular formula is C18H22F3N3O4S. The predicted octanol–water partition coefficient (Wildman–Crippen LogP) is 2.75. The number of hydrogen-bond acceptors (Lipinski definition) is 5. The van der Waals surface area contributed by atoms with Gasteiger partial charge in [-0.1, -0.05) is 6.07 Å². The minimum Gasteiger partial charge on any atom is -0.406 e. The number of carbonyl (C=O) groups excluding carboxylic acids is 1. The summed E-state index contributed by atoms with van der Waals surface area (Å²) in [5.74, 6) is -1.13. The molecule has 0 saturated carbocycles. The van der Waals surface area contributed by atoms with E-state index in [4.69, 9.17) is 5.26 Å². The lowest BCUT2D eigenvalue weighted by Gasteiger charge is -2.34. The monoisotopic (exact) mass is 433 g/mol. The van der Waals surface area contributed by atoms with Crippen molar-refractivity contribution in [2.24, 2.45) is 5.92 Å². The Morgan fingerprint density at radius 2 is 2.00 bits per heavy atom. The van der Waals surface area contributed by atoms with Crippen LogP contribution in [0.4, 0.5) is 13.2 Å². The van der Waals surface area contributed by atoms with Crippen LogP contribution in [0.3, 0.4) is 0 Å². The smallest absolute Gasteiger partial charge is 0.406 e. The summed E-state index contributed by atoms with van der Waals surface area (Å²) in [5.41, 5.74) is 0. The number of sulfonamides is 1. The number of halogens is 3. The summed E-state index contributed by atoms with van der Waals surface area (Å²) >= 11 is 0. The number of amides is 1. The highest BCUT2D eigenvalue weighted by Gasteiger charge is 2.35. The first-order chi connectivity index (χ1) is 13.5. The highest BCUT2D eigenvalue weighted by atomic mass is 32.2. The summed E-state index contributed by atoms with van der Waals surface area (Å²) in [6, 6.07) is 6.00. The normalized spacial score (nSPS) is 17.4. The average Bonchev–Trinajstić information content (AvgIpc) is 2.66. The van der Waals surface area contributed by atoms with Crippen LogP contribution in [0.5, 0.6) is 5.75 Å². The van der Waals surface area contributed by atoms with Gasteiger partial charge in [-0.3, -0.25) is 4.79 Å². The second kappa shape index (κ2) is 9.00. The van der Waals surface area contributed by atoms with E-state index in [-0.39, 0.29) is 42.3 Å². The number of piperidine rings is 1. The summed E-state index contributed by atoms with van der Waals surface area (Å²) in [4.78, 5) is 13.7. The van der Waals surface area contributed by atoms with Crippen LogP contribution >= 0.6 is 0 Å². The number of nitriles is 1. The van der Waals surface area contributed by atoms with Crippen molar-refractivity contribution in [2.45, 2.75) is 43.5 Å². The van der Waals surface area contributed by atoms with Crippen LogP contribution in [0, 0.1) is 17.2 Å². The molecule has 1 aliphatic rings. The van der Waals surface area contributed by atoms with E-state index in [0.29, 0.717) is 12.8 Å². The van der Waals surface area contributed by atoms with Crippen LogP contribution in [-0.2, 0) is 14.8 Å². The van der Waals surface area contributed by atoms with Crippen LogP contribution in [0.1, 0.15) is 26.2 Å². The van der Waals surface area contributed by atoms with Crippen molar-refractivity contribution in [2.75, 3.05) is 20.1 Å². The first-order valence-corrected chi connectivity index (χ1v) is 10.4. The third kappa shape index (κ3) is 5.83. The minimum atomic E-state index is -4.92. The molecule has 0 spiro atoms. The molecule has 0 aromatic heterocycles. The molecule has 1 unspecified atom stereocenters. The first kappa shape index (κ1) is 23.0. The van der Waals surface area contributed by atoms with Gasteiger partial charge in [-0.05, 0) is 31.9 Å². The van der Waals surface area contributed by atoms with E-state index < -0.39 is 22.1 Å². The molecule has 0 radical (unpaired) electrons. The van der Waals surface area contributed by atoms with Gasteiger partial charge in [0.25, 0.3) is 0 Å². The molecule has 1 saturated heterocycles. The zero-order valence-corrected chi connectivity index (χ0v) is 16.8. The van der Waals surface area contributed by atoms with Crippen molar-refractivity contribution in [3.63, 3.8) is 0 Å². The molecular weight excluding hydrogens is 411 g/mol. The third-order valence-electron chi connectivity index (χ3n) is 4.88. The highest BCUT2D eigenvalue weighted by molar-refractivity contribution is 7.89. The molecule has 1 fully saturated rings. The van der Waals surface area contributed by atoms with Crippen molar-refractivity contribution >= 4 is 15.9 Å². The number of hydrogen-bond donors (Lipinski definition) is 0. The van der Waals surface area contributed by atoms with Crippen LogP contribution < -0.4 is 4.74 Å². The van der Waals surface area contributed by atoms with Gasteiger partial charge in [0.2, 0.25) is 15.9 Å². The van der Waals surface area contributed by atoms with Crippen LogP contribution in [0.15, 0.2) is 29.2 Å². The van der Waals surface area contributed by atoms with Gasteiger partial charge in [-0.2, -0.15) is 9.57 Å². The maximum atomic E-state index is 12.8. The fourth-order valence-corrected chi connectivity index (χ4v) is 4.60. The van der Waals surface area contributed by atoms with Gasteiger partial charge >= 0.3 is 6.36 Å². The van der Waals surface area contributed by atoms with Gasteiger partial charge in [0.15, 0.2) is 0 Å². The number of ether oxygens (including phenoxy) is 1. The average molecular weight is 433 g/mol. The molecule has 0 bridgehead atoms. The third-order valence-corrected chi connectivity index (χ3v) is 6.77. The summed E-state index contributed by atoms with van der Waals surface area (Å²) < 4.78 is 67.6. The van der Waals surface area contributed by atoms with Crippen molar-refractivity contribution in [1.29, 1.82) is 5.26 Å². The molecule has 0 aliphatic carbocycles. The Hall–Kier alpha value is -2.32. The summed E-state index contributed by atoms with van der Waals surface area (Å²) in [6.07, 6.45) is -4.14. The Balaban J connectivity index is 2.06. The largest absolute Gasteiger partial charge is 0.573 e. The molecule has 1 aromatic rings. The molecule has 1 heterocycles. The van der Waals surface area contributed by atoms with E-state index in [1.807, 2.05) is 6.07 Å². The molecule has 1 atom stereocenters. The van der Waals surface area contributed by atoms with E-state index in [1.165, 1.54) is 17.0 Å². The Labute approximate surface area is 167 Å². The topological polar surface area (TPSA) is 90.7 Å². The molecule has 1 amide bonds. The molecule has 2 rings (SSSR count). The zero-order chi connectivity index (χ0) is 21.8. The van der Waals surface area contributed by atoms with Gasteiger partial charge in [0.1, 0.15) is 5.75 Å². The molecule has 11 heteroatoms. The Morgan fingerprint density at radius 1 is 1.38 bits per heavy atom. The van der Waals surface area contributed by atoms with Crippen molar-refractivity contribution in [1.82, 2.24) is 9.21 Å². The molecule has 1 aromatic carbocycles. The van der Waals surface area contributed by atoms with E-state index in [2.05, 4.69) is 4.74 Å². The Bertz CT molecular complexity index is 875. The number of rotatable bonds is 6. The summed E-state index contributed by atoms with van der Waals surface area (Å²) in [6.45, 7) is 1.91. The molecule has 160 valence electrons. The van der Waals surface area contributed by atoms with E-state index in [0.717, 1.165) is 16.4 Å². The fraction of sp³-hybridized carbons (Fsp3) is 0.556. The standard InChI is InChI=1S/C18H22F3N3O4S/c1-13(6-9-22)23(2)17(25)14-7-10-24(11-8-14)29(26,27)16-5-3-4-15(12-16)28-18(19,20)21/h3-5,12-14H,6-8,10-11H2,1-2H3. The molecule has 7 nitrogen and oxygen atoms in total. The molecule has 1 aliphatic heterocycles. The van der Waals surface area contributed by atoms with Crippen LogP contribution in [0.2, 0.25) is 0 Å². The Morgan fingerprint density at radius 3 is 2.55 bits per heavy atom. The SMILES string of the molecule is CC(CC#N)N(C)C(=O)C1CCN(S(=O)(=O)c2cccc(OC(F)(F)F)c2)CC1. The van der Waals surface area contributed by atoms with Crippen LogP contribution in [-0.4, -0.2) is 56.1 Å². The lowest BCUT2D eigenvalue weighted by Crippen LogP contribution is -2.45. The maximum absolute atomic E-state index is 12.8. The summed E-state index contributed by atoms with van der Waals surface area (Å²) in [7, 11) is -2.41. The van der Waals surface area contributed by atoms with E-state index in [9.17, 15) is 26.4 Å². The van der Waals surface area contributed by atoms with Gasteiger partial charge < -0.3 is 9.64 Å². The molecule has 0 N–H and O–H groups in total. The number of carbonyl (C=O) groups is 1. The maximum Gasteiger partial charge on any atom is 0.573 e. The van der Waals surface area contributed by atoms with Gasteiger partial charge in [-0.25, -0.2) is 8.42 Å². The summed E-state index contributed by atoms with van der Waals surface area (Å²) in [5, 5.41) is 8.76. The van der Waals surface area contributed by atoms with E-state index >= 15 is 0 Å². The predicted molar refractivity (Wildman–Crippen MR) is 97.1 cm³/mol. The number of benzene rings is 1. The second-order valence-corrected chi connectivity index (χ2v) is 8.80. The first-order valence-electron chi connectivity index (χ1n) is 8.95. The zero-order valence-electron chi connectivity index (χ0n) is 16.0. The van der Waals surface area contributed by atoms with Gasteiger partial charge in [-0.15, -0.1) is 13.2 Å². The minimum absolute atomic E-state index is 0.0730.